The van der Waals surface area contributed by atoms with E-state index in [1.807, 2.05) is 19.1 Å². The highest BCUT2D eigenvalue weighted by Crippen LogP contribution is 2.47. The SMILES string of the molecule is Cc1cc(Cl)ccc1NC(=O)C1C2CCC(C2)C1N. The molecule has 2 fully saturated rings. The maximum Gasteiger partial charge on any atom is 0.229 e. The van der Waals surface area contributed by atoms with Crippen LogP contribution in [0.15, 0.2) is 18.2 Å². The topological polar surface area (TPSA) is 55.1 Å². The van der Waals surface area contributed by atoms with Gasteiger partial charge in [-0.15, -0.1) is 0 Å². The Morgan fingerprint density at radius 3 is 2.74 bits per heavy atom. The fraction of sp³-hybridized carbons (Fsp3) is 0.533. The van der Waals surface area contributed by atoms with Crippen molar-refractivity contribution >= 4 is 23.2 Å². The summed E-state index contributed by atoms with van der Waals surface area (Å²) in [5.41, 5.74) is 8.02. The van der Waals surface area contributed by atoms with Gasteiger partial charge in [-0.2, -0.15) is 0 Å². The van der Waals surface area contributed by atoms with Crippen molar-refractivity contribution in [2.24, 2.45) is 23.5 Å². The highest BCUT2D eigenvalue weighted by molar-refractivity contribution is 6.30. The number of nitrogens with one attached hydrogen (secondary N) is 1. The summed E-state index contributed by atoms with van der Waals surface area (Å²) >= 11 is 5.92. The Labute approximate surface area is 118 Å². The quantitative estimate of drug-likeness (QED) is 0.874. The summed E-state index contributed by atoms with van der Waals surface area (Å²) in [6.07, 6.45) is 3.46. The molecule has 1 aromatic carbocycles. The van der Waals surface area contributed by atoms with Gasteiger partial charge in [-0.3, -0.25) is 4.79 Å². The van der Waals surface area contributed by atoms with E-state index < -0.39 is 0 Å². The summed E-state index contributed by atoms with van der Waals surface area (Å²) in [6.45, 7) is 1.95. The number of benzene rings is 1. The monoisotopic (exact) mass is 278 g/mol. The molecule has 3 N–H and O–H groups in total. The minimum absolute atomic E-state index is 0.0196. The lowest BCUT2D eigenvalue weighted by atomic mass is 9.84. The van der Waals surface area contributed by atoms with Crippen molar-refractivity contribution in [2.75, 3.05) is 5.32 Å². The van der Waals surface area contributed by atoms with Gasteiger partial charge in [-0.05, 0) is 61.8 Å². The number of fused-ring (bicyclic) bond motifs is 2. The molecule has 4 unspecified atom stereocenters. The van der Waals surface area contributed by atoms with Crippen molar-refractivity contribution in [1.29, 1.82) is 0 Å². The summed E-state index contributed by atoms with van der Waals surface area (Å²) < 4.78 is 0. The zero-order valence-corrected chi connectivity index (χ0v) is 11.8. The van der Waals surface area contributed by atoms with Gasteiger partial charge in [0.2, 0.25) is 5.91 Å². The third kappa shape index (κ3) is 2.26. The first kappa shape index (κ1) is 12.9. The third-order valence-electron chi connectivity index (χ3n) is 4.73. The zero-order valence-electron chi connectivity index (χ0n) is 11.0. The van der Waals surface area contributed by atoms with E-state index in [4.69, 9.17) is 17.3 Å². The lowest BCUT2D eigenvalue weighted by Gasteiger charge is -2.27. The number of aryl methyl sites for hydroxylation is 1. The Bertz CT molecular complexity index is 515. The highest BCUT2D eigenvalue weighted by Gasteiger charge is 2.49. The largest absolute Gasteiger partial charge is 0.327 e. The molecule has 0 heterocycles. The number of carbonyl (C=O) groups is 1. The van der Waals surface area contributed by atoms with Crippen LogP contribution in [0.3, 0.4) is 0 Å². The van der Waals surface area contributed by atoms with Gasteiger partial charge in [-0.1, -0.05) is 11.6 Å². The van der Waals surface area contributed by atoms with E-state index >= 15 is 0 Å². The fourth-order valence-corrected chi connectivity index (χ4v) is 3.93. The maximum atomic E-state index is 12.4. The molecule has 0 radical (unpaired) electrons. The number of carbonyl (C=O) groups excluding carboxylic acids is 1. The van der Waals surface area contributed by atoms with Crippen molar-refractivity contribution in [3.8, 4) is 0 Å². The first-order chi connectivity index (χ1) is 9.06. The van der Waals surface area contributed by atoms with Crippen LogP contribution >= 0.6 is 11.6 Å². The zero-order chi connectivity index (χ0) is 13.6. The molecule has 1 aromatic rings. The maximum absolute atomic E-state index is 12.4. The van der Waals surface area contributed by atoms with Crippen LogP contribution in [0.25, 0.3) is 0 Å². The second-order valence-corrected chi connectivity index (χ2v) is 6.32. The van der Waals surface area contributed by atoms with Gasteiger partial charge in [0.1, 0.15) is 0 Å². The van der Waals surface area contributed by atoms with E-state index in [2.05, 4.69) is 5.32 Å². The van der Waals surface area contributed by atoms with Crippen LogP contribution in [0.2, 0.25) is 5.02 Å². The van der Waals surface area contributed by atoms with E-state index in [0.29, 0.717) is 16.9 Å². The lowest BCUT2D eigenvalue weighted by molar-refractivity contribution is -0.121. The average molecular weight is 279 g/mol. The van der Waals surface area contributed by atoms with Gasteiger partial charge in [0.05, 0.1) is 5.92 Å². The Kier molecular flexibility index (Phi) is 3.27. The van der Waals surface area contributed by atoms with Crippen molar-refractivity contribution in [3.63, 3.8) is 0 Å². The summed E-state index contributed by atoms with van der Waals surface area (Å²) in [5.74, 6) is 1.08. The summed E-state index contributed by atoms with van der Waals surface area (Å²) in [7, 11) is 0. The molecule has 102 valence electrons. The third-order valence-corrected chi connectivity index (χ3v) is 4.96. The van der Waals surface area contributed by atoms with Crippen molar-refractivity contribution < 1.29 is 4.79 Å². The molecule has 2 saturated carbocycles. The highest BCUT2D eigenvalue weighted by atomic mass is 35.5. The molecular weight excluding hydrogens is 260 g/mol. The molecule has 2 bridgehead atoms. The molecule has 19 heavy (non-hydrogen) atoms. The van der Waals surface area contributed by atoms with Gasteiger partial charge in [-0.25, -0.2) is 0 Å². The van der Waals surface area contributed by atoms with Gasteiger partial charge in [0.15, 0.2) is 0 Å². The molecule has 2 aliphatic rings. The summed E-state index contributed by atoms with van der Waals surface area (Å²) in [4.78, 5) is 12.4. The van der Waals surface area contributed by atoms with Crippen molar-refractivity contribution in [3.05, 3.63) is 28.8 Å². The number of hydrogen-bond donors (Lipinski definition) is 2. The number of rotatable bonds is 2. The molecule has 0 aromatic heterocycles. The second kappa shape index (κ2) is 4.80. The Hall–Kier alpha value is -1.06. The van der Waals surface area contributed by atoms with Gasteiger partial charge >= 0.3 is 0 Å². The Morgan fingerprint density at radius 2 is 2.11 bits per heavy atom. The predicted molar refractivity (Wildman–Crippen MR) is 77.1 cm³/mol. The molecule has 2 aliphatic carbocycles. The van der Waals surface area contributed by atoms with Crippen LogP contribution in [-0.2, 0) is 4.79 Å². The molecule has 0 aliphatic heterocycles. The van der Waals surface area contributed by atoms with Crippen LogP contribution in [0, 0.1) is 24.7 Å². The predicted octanol–water partition coefficient (Wildman–Crippen LogP) is 2.96. The number of nitrogens with two attached hydrogens (primary N) is 1. The standard InChI is InChI=1S/C15H19ClN2O/c1-8-6-11(16)4-5-12(8)18-15(19)13-9-2-3-10(7-9)14(13)17/h4-6,9-10,13-14H,2-3,7,17H2,1H3,(H,18,19). The van der Waals surface area contributed by atoms with E-state index in [-0.39, 0.29) is 17.9 Å². The van der Waals surface area contributed by atoms with Crippen LogP contribution in [-0.4, -0.2) is 11.9 Å². The molecule has 0 spiro atoms. The van der Waals surface area contributed by atoms with Crippen LogP contribution in [0.4, 0.5) is 5.69 Å². The number of halogens is 1. The van der Waals surface area contributed by atoms with Crippen LogP contribution in [0.5, 0.6) is 0 Å². The number of anilines is 1. The molecule has 4 heteroatoms. The first-order valence-electron chi connectivity index (χ1n) is 6.89. The second-order valence-electron chi connectivity index (χ2n) is 5.88. The number of hydrogen-bond acceptors (Lipinski definition) is 2. The van der Waals surface area contributed by atoms with Gasteiger partial charge < -0.3 is 11.1 Å². The molecule has 1 amide bonds. The van der Waals surface area contributed by atoms with Crippen molar-refractivity contribution in [2.45, 2.75) is 32.2 Å². The molecule has 3 rings (SSSR count). The Morgan fingerprint density at radius 1 is 1.37 bits per heavy atom. The molecule has 4 atom stereocenters. The van der Waals surface area contributed by atoms with E-state index in [1.165, 1.54) is 6.42 Å². The average Bonchev–Trinajstić information content (AvgIpc) is 2.93. The first-order valence-corrected chi connectivity index (χ1v) is 7.26. The van der Waals surface area contributed by atoms with Crippen LogP contribution < -0.4 is 11.1 Å². The lowest BCUT2D eigenvalue weighted by Crippen LogP contribution is -2.42. The van der Waals surface area contributed by atoms with E-state index in [0.717, 1.165) is 24.1 Å². The summed E-state index contributed by atoms with van der Waals surface area (Å²) in [6, 6.07) is 5.54. The van der Waals surface area contributed by atoms with Gasteiger partial charge in [0.25, 0.3) is 0 Å². The number of amides is 1. The molecular formula is C15H19ClN2O. The van der Waals surface area contributed by atoms with Crippen molar-refractivity contribution in [1.82, 2.24) is 0 Å². The van der Waals surface area contributed by atoms with E-state index in [9.17, 15) is 4.79 Å². The minimum Gasteiger partial charge on any atom is -0.327 e. The van der Waals surface area contributed by atoms with E-state index in [1.54, 1.807) is 6.07 Å². The molecule has 3 nitrogen and oxygen atoms in total. The van der Waals surface area contributed by atoms with Gasteiger partial charge in [0, 0.05) is 16.8 Å². The smallest absolute Gasteiger partial charge is 0.229 e. The van der Waals surface area contributed by atoms with Crippen LogP contribution in [0.1, 0.15) is 24.8 Å². The Balaban J connectivity index is 1.75. The normalized spacial score (nSPS) is 32.6. The fourth-order valence-electron chi connectivity index (χ4n) is 3.71. The minimum atomic E-state index is -0.0196. The summed E-state index contributed by atoms with van der Waals surface area (Å²) in [5, 5.41) is 3.70. The molecule has 0 saturated heterocycles.